The first-order valence-electron chi connectivity index (χ1n) is 3.06. The summed E-state index contributed by atoms with van der Waals surface area (Å²) in [7, 11) is 0. The highest BCUT2D eigenvalue weighted by Gasteiger charge is 2.13. The van der Waals surface area contributed by atoms with Gasteiger partial charge in [-0.2, -0.15) is 0 Å². The number of hydrogen-bond acceptors (Lipinski definition) is 2. The Kier molecular flexibility index (Phi) is 1.49. The summed E-state index contributed by atoms with van der Waals surface area (Å²) in [4.78, 5) is 10.9. The lowest BCUT2D eigenvalue weighted by Crippen LogP contribution is -2.36. The average Bonchev–Trinajstić information content (AvgIpc) is 1.82. The van der Waals surface area contributed by atoms with Crippen LogP contribution in [0, 0.1) is 0 Å². The van der Waals surface area contributed by atoms with E-state index in [0.29, 0.717) is 11.4 Å². The Bertz CT molecular complexity index is 228. The van der Waals surface area contributed by atoms with Crippen molar-refractivity contribution in [2.45, 2.75) is 13.8 Å². The van der Waals surface area contributed by atoms with E-state index in [9.17, 15) is 4.79 Å². The third kappa shape index (κ3) is 1.03. The Morgan fingerprint density at radius 1 is 1.30 bits per heavy atom. The monoisotopic (exact) mass is 138 g/mol. The molecule has 0 bridgehead atoms. The molecule has 1 amide bonds. The minimum absolute atomic E-state index is 0.0683. The van der Waals surface area contributed by atoms with Crippen molar-refractivity contribution in [2.75, 3.05) is 0 Å². The van der Waals surface area contributed by atoms with Gasteiger partial charge in [0.25, 0.3) is 5.91 Å². The van der Waals surface area contributed by atoms with Crippen LogP contribution in [-0.4, -0.2) is 5.91 Å². The van der Waals surface area contributed by atoms with Gasteiger partial charge in [-0.25, -0.2) is 0 Å². The van der Waals surface area contributed by atoms with Crippen LogP contribution in [0.2, 0.25) is 0 Å². The summed E-state index contributed by atoms with van der Waals surface area (Å²) in [6.45, 7) is 7.19. The van der Waals surface area contributed by atoms with Gasteiger partial charge in [0.2, 0.25) is 0 Å². The molecule has 0 saturated heterocycles. The second kappa shape index (κ2) is 2.17. The van der Waals surface area contributed by atoms with E-state index in [4.69, 9.17) is 0 Å². The van der Waals surface area contributed by atoms with Crippen LogP contribution in [0.15, 0.2) is 23.7 Å². The lowest BCUT2D eigenvalue weighted by molar-refractivity contribution is -0.117. The van der Waals surface area contributed by atoms with E-state index in [2.05, 4.69) is 17.2 Å². The fourth-order valence-corrected chi connectivity index (χ4v) is 0.752. The topological polar surface area (TPSA) is 41.1 Å². The molecule has 54 valence electrons. The molecule has 3 nitrogen and oxygen atoms in total. The summed E-state index contributed by atoms with van der Waals surface area (Å²) in [6.07, 6.45) is 0. The SMILES string of the molecule is C=C1NC(=O)C(C)=C(C)N1. The molecule has 0 unspecified atom stereocenters. The lowest BCUT2D eigenvalue weighted by atomic mass is 10.2. The summed E-state index contributed by atoms with van der Waals surface area (Å²) < 4.78 is 0. The molecule has 0 aromatic carbocycles. The van der Waals surface area contributed by atoms with Crippen LogP contribution < -0.4 is 10.6 Å². The van der Waals surface area contributed by atoms with Crippen LogP contribution in [-0.2, 0) is 4.79 Å². The Morgan fingerprint density at radius 2 is 1.90 bits per heavy atom. The van der Waals surface area contributed by atoms with Gasteiger partial charge >= 0.3 is 0 Å². The summed E-state index contributed by atoms with van der Waals surface area (Å²) in [5.41, 5.74) is 1.58. The van der Waals surface area contributed by atoms with Crippen molar-refractivity contribution in [1.29, 1.82) is 0 Å². The molecule has 0 aromatic rings. The molecule has 2 N–H and O–H groups in total. The first kappa shape index (κ1) is 6.86. The van der Waals surface area contributed by atoms with Gasteiger partial charge < -0.3 is 10.6 Å². The van der Waals surface area contributed by atoms with Gasteiger partial charge in [0.05, 0.1) is 0 Å². The fraction of sp³-hybridized carbons (Fsp3) is 0.286. The number of hydrogen-bond donors (Lipinski definition) is 2. The zero-order valence-electron chi connectivity index (χ0n) is 6.12. The zero-order valence-corrected chi connectivity index (χ0v) is 6.12. The van der Waals surface area contributed by atoms with Crippen molar-refractivity contribution in [1.82, 2.24) is 10.6 Å². The standard InChI is InChI=1S/C7H10N2O/c1-4-5(2)8-6(3)9-7(4)10/h8H,3H2,1-2H3,(H,9,10). The zero-order chi connectivity index (χ0) is 7.72. The van der Waals surface area contributed by atoms with Gasteiger partial charge in [0.15, 0.2) is 0 Å². The normalized spacial score (nSPS) is 18.6. The molecule has 0 atom stereocenters. The number of carbonyl (C=O) groups is 1. The smallest absolute Gasteiger partial charge is 0.254 e. The number of amides is 1. The lowest BCUT2D eigenvalue weighted by Gasteiger charge is -2.19. The van der Waals surface area contributed by atoms with Crippen LogP contribution >= 0.6 is 0 Å². The predicted octanol–water partition coefficient (Wildman–Crippen LogP) is 0.471. The molecule has 10 heavy (non-hydrogen) atoms. The molecule has 1 heterocycles. The van der Waals surface area contributed by atoms with Crippen LogP contribution in [0.5, 0.6) is 0 Å². The maximum atomic E-state index is 10.9. The van der Waals surface area contributed by atoms with Gasteiger partial charge in [-0.1, -0.05) is 6.58 Å². The van der Waals surface area contributed by atoms with Crippen LogP contribution in [0.3, 0.4) is 0 Å². The Morgan fingerprint density at radius 3 is 2.40 bits per heavy atom. The first-order chi connectivity index (χ1) is 4.61. The molecule has 1 rings (SSSR count). The third-order valence-electron chi connectivity index (χ3n) is 1.51. The highest BCUT2D eigenvalue weighted by Crippen LogP contribution is 2.06. The molecule has 0 saturated carbocycles. The van der Waals surface area contributed by atoms with Gasteiger partial charge in [-0.15, -0.1) is 0 Å². The molecular weight excluding hydrogens is 128 g/mol. The third-order valence-corrected chi connectivity index (χ3v) is 1.51. The number of nitrogens with one attached hydrogen (secondary N) is 2. The molecule has 0 aromatic heterocycles. The van der Waals surface area contributed by atoms with Crippen molar-refractivity contribution in [2.24, 2.45) is 0 Å². The van der Waals surface area contributed by atoms with Gasteiger partial charge in [-0.3, -0.25) is 4.79 Å². The maximum Gasteiger partial charge on any atom is 0.254 e. The van der Waals surface area contributed by atoms with Crippen LogP contribution in [0.4, 0.5) is 0 Å². The average molecular weight is 138 g/mol. The van der Waals surface area contributed by atoms with E-state index in [0.717, 1.165) is 5.70 Å². The summed E-state index contributed by atoms with van der Waals surface area (Å²) in [5.74, 6) is 0.481. The fourth-order valence-electron chi connectivity index (χ4n) is 0.752. The molecule has 0 fully saturated rings. The van der Waals surface area contributed by atoms with E-state index >= 15 is 0 Å². The molecular formula is C7H10N2O. The Labute approximate surface area is 59.8 Å². The largest absolute Gasteiger partial charge is 0.346 e. The summed E-state index contributed by atoms with van der Waals surface area (Å²) in [6, 6.07) is 0. The van der Waals surface area contributed by atoms with Crippen molar-refractivity contribution in [3.63, 3.8) is 0 Å². The van der Waals surface area contributed by atoms with E-state index in [1.165, 1.54) is 0 Å². The van der Waals surface area contributed by atoms with Crippen LogP contribution in [0.1, 0.15) is 13.8 Å². The van der Waals surface area contributed by atoms with Crippen molar-refractivity contribution >= 4 is 5.91 Å². The molecule has 1 aliphatic heterocycles. The second-order valence-corrected chi connectivity index (χ2v) is 2.31. The molecule has 0 radical (unpaired) electrons. The van der Waals surface area contributed by atoms with E-state index in [1.54, 1.807) is 6.92 Å². The van der Waals surface area contributed by atoms with Gasteiger partial charge in [0, 0.05) is 11.3 Å². The van der Waals surface area contributed by atoms with E-state index in [-0.39, 0.29) is 5.91 Å². The Balaban J connectivity index is 2.95. The van der Waals surface area contributed by atoms with Gasteiger partial charge in [0.1, 0.15) is 5.82 Å². The van der Waals surface area contributed by atoms with E-state index < -0.39 is 0 Å². The predicted molar refractivity (Wildman–Crippen MR) is 38.8 cm³/mol. The van der Waals surface area contributed by atoms with Crippen LogP contribution in [0.25, 0.3) is 0 Å². The van der Waals surface area contributed by atoms with Gasteiger partial charge in [-0.05, 0) is 13.8 Å². The number of allylic oxidation sites excluding steroid dienone is 1. The minimum atomic E-state index is -0.0683. The maximum absolute atomic E-state index is 10.9. The molecule has 0 aliphatic carbocycles. The van der Waals surface area contributed by atoms with Crippen molar-refractivity contribution in [3.05, 3.63) is 23.7 Å². The highest BCUT2D eigenvalue weighted by molar-refractivity contribution is 5.95. The summed E-state index contributed by atoms with van der Waals surface area (Å²) >= 11 is 0. The first-order valence-corrected chi connectivity index (χ1v) is 3.06. The minimum Gasteiger partial charge on any atom is -0.346 e. The summed E-state index contributed by atoms with van der Waals surface area (Å²) in [5, 5.41) is 5.47. The highest BCUT2D eigenvalue weighted by atomic mass is 16.1. The quantitative estimate of drug-likeness (QED) is 0.511. The number of carbonyl (C=O) groups excluding carboxylic acids is 1. The Hall–Kier alpha value is -1.25. The number of rotatable bonds is 0. The molecule has 3 heteroatoms. The molecule has 0 spiro atoms. The molecule has 1 aliphatic rings. The second-order valence-electron chi connectivity index (χ2n) is 2.31. The van der Waals surface area contributed by atoms with Crippen molar-refractivity contribution < 1.29 is 4.79 Å². The van der Waals surface area contributed by atoms with Crippen molar-refractivity contribution in [3.8, 4) is 0 Å². The van der Waals surface area contributed by atoms with E-state index in [1.807, 2.05) is 6.92 Å².